The number of nitriles is 1. The van der Waals surface area contributed by atoms with Gasteiger partial charge in [-0.15, -0.1) is 0 Å². The van der Waals surface area contributed by atoms with Crippen molar-refractivity contribution in [3.63, 3.8) is 0 Å². The molecule has 0 spiro atoms. The first-order valence-electron chi connectivity index (χ1n) is 13.5. The number of carbonyl (C=O) groups excluding carboxylic acids is 3. The Morgan fingerprint density at radius 3 is 2.53 bits per heavy atom. The van der Waals surface area contributed by atoms with Crippen molar-refractivity contribution in [3.8, 4) is 6.07 Å². The molecular formula is C29H24ClF3N6O5S. The van der Waals surface area contributed by atoms with Crippen LogP contribution in [-0.4, -0.2) is 49.1 Å². The molecule has 0 bridgehead atoms. The Labute approximate surface area is 260 Å². The first-order chi connectivity index (χ1) is 21.2. The van der Waals surface area contributed by atoms with E-state index in [0.29, 0.717) is 6.07 Å². The summed E-state index contributed by atoms with van der Waals surface area (Å²) in [6, 6.07) is 8.58. The van der Waals surface area contributed by atoms with Crippen LogP contribution in [0, 0.1) is 17.1 Å². The van der Waals surface area contributed by atoms with Crippen molar-refractivity contribution in [3.05, 3.63) is 82.8 Å². The third kappa shape index (κ3) is 6.63. The Morgan fingerprint density at radius 2 is 1.89 bits per heavy atom. The summed E-state index contributed by atoms with van der Waals surface area (Å²) < 4.78 is 66.8. The van der Waals surface area contributed by atoms with Gasteiger partial charge in [0, 0.05) is 47.8 Å². The molecule has 45 heavy (non-hydrogen) atoms. The molecule has 0 radical (unpaired) electrons. The molecule has 234 valence electrons. The molecular weight excluding hydrogens is 637 g/mol. The predicted octanol–water partition coefficient (Wildman–Crippen LogP) is 3.58. The first-order valence-corrected chi connectivity index (χ1v) is 15.4. The number of pyridine rings is 1. The van der Waals surface area contributed by atoms with E-state index in [2.05, 4.69) is 10.3 Å². The van der Waals surface area contributed by atoms with Crippen molar-refractivity contribution in [2.75, 3.05) is 9.80 Å². The molecule has 1 aromatic heterocycles. The van der Waals surface area contributed by atoms with Gasteiger partial charge < -0.3 is 5.32 Å². The fourth-order valence-electron chi connectivity index (χ4n) is 5.38. The van der Waals surface area contributed by atoms with Crippen molar-refractivity contribution in [1.29, 1.82) is 5.26 Å². The van der Waals surface area contributed by atoms with Crippen molar-refractivity contribution >= 4 is 50.9 Å². The van der Waals surface area contributed by atoms with Gasteiger partial charge in [-0.3, -0.25) is 24.2 Å². The highest BCUT2D eigenvalue weighted by Gasteiger charge is 2.48. The summed E-state index contributed by atoms with van der Waals surface area (Å²) in [6.07, 6.45) is -0.311. The number of rotatable bonds is 8. The standard InChI is InChI=1S/C29H24ClF3N6O5S/c30-22-4-2-1-3-21(22)26(27(41)37-18-13-29(32,33)14-18)38(19-10-17(31)11-20(12-19)45(35,43)44)28(42)23-5-6-25(40)39(23)24-9-16(15-34)7-8-36-24/h1-4,7-12,18,23,26H,5-6,13-14H2,(H,37,41)(H2,35,43,44)/t23?,26-/m0/s1. The number of amides is 3. The van der Waals surface area contributed by atoms with Gasteiger partial charge in [-0.25, -0.2) is 31.7 Å². The molecule has 5 rings (SSSR count). The SMILES string of the molecule is N#Cc1ccnc(N2C(=O)CCC2C(=O)N(c2cc(F)cc(S(N)(=O)=O)c2)[C@H](C(=O)NC2CC(F)(F)C2)c2ccccc2Cl)c1. The van der Waals surface area contributed by atoms with Crippen LogP contribution in [0.1, 0.15) is 42.9 Å². The summed E-state index contributed by atoms with van der Waals surface area (Å²) >= 11 is 6.47. The van der Waals surface area contributed by atoms with E-state index in [9.17, 15) is 41.2 Å². The average Bonchev–Trinajstić information content (AvgIpc) is 3.35. The number of benzene rings is 2. The van der Waals surface area contributed by atoms with E-state index in [-0.39, 0.29) is 34.8 Å². The molecule has 2 atom stereocenters. The molecule has 11 nitrogen and oxygen atoms in total. The summed E-state index contributed by atoms with van der Waals surface area (Å²) in [5.41, 5.74) is -0.310. The van der Waals surface area contributed by atoms with Crippen LogP contribution in [-0.2, 0) is 24.4 Å². The largest absolute Gasteiger partial charge is 0.351 e. The Balaban J connectivity index is 1.69. The lowest BCUT2D eigenvalue weighted by molar-refractivity contribution is -0.133. The molecule has 3 amide bonds. The minimum atomic E-state index is -4.53. The number of nitrogens with one attached hydrogen (secondary N) is 1. The summed E-state index contributed by atoms with van der Waals surface area (Å²) in [7, 11) is -4.53. The zero-order valence-electron chi connectivity index (χ0n) is 23.2. The molecule has 1 saturated carbocycles. The van der Waals surface area contributed by atoms with Gasteiger partial charge in [-0.1, -0.05) is 29.8 Å². The van der Waals surface area contributed by atoms with Crippen molar-refractivity contribution < 1.29 is 36.0 Å². The summed E-state index contributed by atoms with van der Waals surface area (Å²) in [5, 5.41) is 17.1. The quantitative estimate of drug-likeness (QED) is 0.373. The van der Waals surface area contributed by atoms with Gasteiger partial charge in [0.25, 0.3) is 11.8 Å². The predicted molar refractivity (Wildman–Crippen MR) is 155 cm³/mol. The molecule has 2 aromatic carbocycles. The number of sulfonamides is 1. The molecule has 2 aliphatic rings. The van der Waals surface area contributed by atoms with E-state index in [1.807, 2.05) is 6.07 Å². The van der Waals surface area contributed by atoms with E-state index < -0.39 is 81.0 Å². The maximum absolute atomic E-state index is 15.0. The van der Waals surface area contributed by atoms with Crippen LogP contribution in [0.5, 0.6) is 0 Å². The van der Waals surface area contributed by atoms with E-state index >= 15 is 0 Å². The number of halogens is 4. The minimum Gasteiger partial charge on any atom is -0.351 e. The van der Waals surface area contributed by atoms with Gasteiger partial charge in [0.05, 0.1) is 16.5 Å². The molecule has 2 heterocycles. The molecule has 1 unspecified atom stereocenters. The summed E-state index contributed by atoms with van der Waals surface area (Å²) in [5.74, 6) is -6.68. The number of hydrogen-bond donors (Lipinski definition) is 2. The molecule has 1 saturated heterocycles. The zero-order valence-corrected chi connectivity index (χ0v) is 24.7. The molecule has 3 aromatic rings. The van der Waals surface area contributed by atoms with Crippen molar-refractivity contribution in [2.24, 2.45) is 5.14 Å². The lowest BCUT2D eigenvalue weighted by Gasteiger charge is -2.39. The highest BCUT2D eigenvalue weighted by molar-refractivity contribution is 7.89. The summed E-state index contributed by atoms with van der Waals surface area (Å²) in [6.45, 7) is 0. The van der Waals surface area contributed by atoms with Gasteiger partial charge in [-0.05, 0) is 42.8 Å². The molecule has 3 N–H and O–H groups in total. The Morgan fingerprint density at radius 1 is 1.18 bits per heavy atom. The van der Waals surface area contributed by atoms with Crippen LogP contribution in [0.2, 0.25) is 5.02 Å². The lowest BCUT2D eigenvalue weighted by Crippen LogP contribution is -2.56. The third-order valence-corrected chi connectivity index (χ3v) is 8.70. The second kappa shape index (κ2) is 12.1. The molecule has 2 fully saturated rings. The van der Waals surface area contributed by atoms with E-state index in [1.165, 1.54) is 42.6 Å². The highest BCUT2D eigenvalue weighted by Crippen LogP contribution is 2.40. The maximum atomic E-state index is 15.0. The monoisotopic (exact) mass is 660 g/mol. The Kier molecular flexibility index (Phi) is 8.58. The molecule has 16 heteroatoms. The fraction of sp³-hybridized carbons (Fsp3) is 0.276. The topological polar surface area (TPSA) is 167 Å². The van der Waals surface area contributed by atoms with E-state index in [0.717, 1.165) is 21.9 Å². The lowest BCUT2D eigenvalue weighted by atomic mass is 9.87. The van der Waals surface area contributed by atoms with Gasteiger partial charge in [-0.2, -0.15) is 5.26 Å². The highest BCUT2D eigenvalue weighted by atomic mass is 35.5. The van der Waals surface area contributed by atoms with Crippen LogP contribution in [0.25, 0.3) is 0 Å². The smallest absolute Gasteiger partial charge is 0.252 e. The maximum Gasteiger partial charge on any atom is 0.252 e. The number of hydrogen-bond acceptors (Lipinski definition) is 7. The Bertz CT molecular complexity index is 1850. The second-order valence-electron chi connectivity index (χ2n) is 10.6. The third-order valence-electron chi connectivity index (χ3n) is 7.46. The van der Waals surface area contributed by atoms with E-state index in [4.69, 9.17) is 16.7 Å². The van der Waals surface area contributed by atoms with Gasteiger partial charge in [0.1, 0.15) is 23.7 Å². The van der Waals surface area contributed by atoms with E-state index in [1.54, 1.807) is 0 Å². The van der Waals surface area contributed by atoms with Gasteiger partial charge in [0.2, 0.25) is 21.8 Å². The summed E-state index contributed by atoms with van der Waals surface area (Å²) in [4.78, 5) is 46.8. The van der Waals surface area contributed by atoms with Crippen LogP contribution < -0.4 is 20.3 Å². The normalized spacial score (nSPS) is 18.5. The van der Waals surface area contributed by atoms with Crippen LogP contribution in [0.3, 0.4) is 0 Å². The van der Waals surface area contributed by atoms with Gasteiger partial charge in [0.15, 0.2) is 0 Å². The second-order valence-corrected chi connectivity index (χ2v) is 12.6. The number of aromatic nitrogens is 1. The van der Waals surface area contributed by atoms with Crippen LogP contribution >= 0.6 is 11.6 Å². The fourth-order valence-corrected chi connectivity index (χ4v) is 6.18. The number of nitrogens with zero attached hydrogens (tertiary/aromatic N) is 4. The van der Waals surface area contributed by atoms with Crippen molar-refractivity contribution in [2.45, 2.75) is 54.6 Å². The molecule has 1 aliphatic carbocycles. The number of carbonyl (C=O) groups is 3. The molecule has 1 aliphatic heterocycles. The number of nitrogens with two attached hydrogens (primary N) is 1. The number of alkyl halides is 2. The number of primary sulfonamides is 1. The Hall–Kier alpha value is -4.52. The number of anilines is 2. The first kappa shape index (κ1) is 31.9. The van der Waals surface area contributed by atoms with Crippen LogP contribution in [0.4, 0.5) is 24.7 Å². The average molecular weight is 661 g/mol. The van der Waals surface area contributed by atoms with Crippen molar-refractivity contribution in [1.82, 2.24) is 10.3 Å². The van der Waals surface area contributed by atoms with Gasteiger partial charge >= 0.3 is 0 Å². The minimum absolute atomic E-state index is 0.00186. The zero-order chi connectivity index (χ0) is 32.7. The van der Waals surface area contributed by atoms with Crippen LogP contribution in [0.15, 0.2) is 65.7 Å².